The van der Waals surface area contributed by atoms with Crippen LogP contribution < -0.4 is 10.2 Å². The second-order valence-corrected chi connectivity index (χ2v) is 12.2. The van der Waals surface area contributed by atoms with E-state index in [4.69, 9.17) is 9.72 Å². The molecule has 0 saturated carbocycles. The van der Waals surface area contributed by atoms with Gasteiger partial charge in [0.15, 0.2) is 0 Å². The molecule has 8 nitrogen and oxygen atoms in total. The number of anilines is 1. The lowest BCUT2D eigenvalue weighted by Crippen LogP contribution is -2.62. The van der Waals surface area contributed by atoms with Crippen LogP contribution in [-0.2, 0) is 28.0 Å². The summed E-state index contributed by atoms with van der Waals surface area (Å²) in [5.41, 5.74) is 2.42. The molecule has 2 N–H and O–H groups in total. The number of amides is 1. The zero-order valence-corrected chi connectivity index (χ0v) is 23.9. The fourth-order valence-electron chi connectivity index (χ4n) is 6.19. The molecule has 0 radical (unpaired) electrons. The third-order valence-electron chi connectivity index (χ3n) is 8.52. The van der Waals surface area contributed by atoms with E-state index >= 15 is 0 Å². The minimum atomic E-state index is -0.647. The lowest BCUT2D eigenvalue weighted by Gasteiger charge is -2.43. The lowest BCUT2D eigenvalue weighted by molar-refractivity contribution is -0.121. The van der Waals surface area contributed by atoms with E-state index < -0.39 is 17.0 Å². The summed E-state index contributed by atoms with van der Waals surface area (Å²) in [6.07, 6.45) is 0.139. The SMILES string of the molecule is C[C@@H]1CN(CC(=O)N2CC(C)(C)c3nc(CO)c(Cc4ccc(F)cc4F)cc32)[C@@H](CN2CCOC[C@H]2C)CN1. The summed E-state index contributed by atoms with van der Waals surface area (Å²) in [5, 5.41) is 13.7. The Hall–Kier alpha value is -2.50. The average Bonchev–Trinajstić information content (AvgIpc) is 3.17. The number of carbonyl (C=O) groups excluding carboxylic acids is 1. The van der Waals surface area contributed by atoms with Crippen molar-refractivity contribution in [1.82, 2.24) is 20.1 Å². The summed E-state index contributed by atoms with van der Waals surface area (Å²) in [5.74, 6) is -1.29. The molecule has 1 amide bonds. The van der Waals surface area contributed by atoms with Gasteiger partial charge in [0.1, 0.15) is 11.6 Å². The number of aliphatic hydroxyl groups is 1. The Morgan fingerprint density at radius 1 is 1.20 bits per heavy atom. The Bertz CT molecular complexity index is 1240. The number of nitrogens with one attached hydrogen (secondary N) is 1. The number of hydrogen-bond donors (Lipinski definition) is 2. The number of rotatable bonds is 7. The van der Waals surface area contributed by atoms with Crippen LogP contribution in [0.5, 0.6) is 0 Å². The normalized spacial score (nSPS) is 25.3. The van der Waals surface area contributed by atoms with Crippen molar-refractivity contribution in [2.24, 2.45) is 0 Å². The quantitative estimate of drug-likeness (QED) is 0.542. The monoisotopic (exact) mass is 557 g/mol. The molecule has 10 heteroatoms. The molecular weight excluding hydrogens is 516 g/mol. The third-order valence-corrected chi connectivity index (χ3v) is 8.52. The summed E-state index contributed by atoms with van der Waals surface area (Å²) in [7, 11) is 0. The standard InChI is InChI=1S/C30H41F2N5O3/c1-19-13-36(24(12-33-19)14-35-7-8-40-17-20(35)2)15-28(39)37-18-30(3,4)29-27(37)10-22(26(16-38)34-29)9-21-5-6-23(31)11-25(21)32/h5-6,10-11,19-20,24,33,38H,7-9,12-18H2,1-4H3/t19-,20-,24-/m1/s1. The van der Waals surface area contributed by atoms with E-state index in [1.807, 2.05) is 19.9 Å². The number of nitrogens with zero attached hydrogens (tertiary/aromatic N) is 4. The minimum Gasteiger partial charge on any atom is -0.390 e. The molecule has 0 aliphatic carbocycles. The summed E-state index contributed by atoms with van der Waals surface area (Å²) in [6, 6.07) is 6.16. The van der Waals surface area contributed by atoms with Crippen molar-refractivity contribution in [3.8, 4) is 0 Å². The highest BCUT2D eigenvalue weighted by Gasteiger charge is 2.41. The molecule has 218 valence electrons. The first kappa shape index (κ1) is 29.0. The fraction of sp³-hybridized carbons (Fsp3) is 0.600. The Morgan fingerprint density at radius 2 is 2.00 bits per heavy atom. The molecule has 3 aliphatic rings. The van der Waals surface area contributed by atoms with Crippen molar-refractivity contribution in [3.05, 3.63) is 58.4 Å². The van der Waals surface area contributed by atoms with E-state index in [9.17, 15) is 18.7 Å². The minimum absolute atomic E-state index is 0.00147. The van der Waals surface area contributed by atoms with Gasteiger partial charge in [-0.1, -0.05) is 19.9 Å². The smallest absolute Gasteiger partial charge is 0.241 e. The number of halogens is 2. The highest BCUT2D eigenvalue weighted by atomic mass is 19.1. The Morgan fingerprint density at radius 3 is 2.73 bits per heavy atom. The Labute approximate surface area is 235 Å². The number of morpholine rings is 1. The maximum Gasteiger partial charge on any atom is 0.241 e. The van der Waals surface area contributed by atoms with E-state index in [2.05, 4.69) is 29.0 Å². The molecule has 0 unspecified atom stereocenters. The highest BCUT2D eigenvalue weighted by molar-refractivity contribution is 5.97. The molecule has 3 atom stereocenters. The number of pyridine rings is 1. The van der Waals surface area contributed by atoms with Gasteiger partial charge in [-0.3, -0.25) is 19.6 Å². The van der Waals surface area contributed by atoms with Crippen LogP contribution >= 0.6 is 0 Å². The van der Waals surface area contributed by atoms with Gasteiger partial charge in [-0.15, -0.1) is 0 Å². The van der Waals surface area contributed by atoms with E-state index in [-0.39, 0.29) is 37.6 Å². The van der Waals surface area contributed by atoms with Crippen LogP contribution in [0.2, 0.25) is 0 Å². The number of aliphatic hydroxyl groups excluding tert-OH is 1. The van der Waals surface area contributed by atoms with E-state index in [0.717, 1.165) is 51.2 Å². The molecule has 0 bridgehead atoms. The maximum atomic E-state index is 14.5. The molecular formula is C30H41F2N5O3. The maximum absolute atomic E-state index is 14.5. The molecule has 3 aliphatic heterocycles. The first-order valence-electron chi connectivity index (χ1n) is 14.2. The third kappa shape index (κ3) is 6.06. The molecule has 2 saturated heterocycles. The Kier molecular flexibility index (Phi) is 8.54. The second kappa shape index (κ2) is 11.8. The lowest BCUT2D eigenvalue weighted by atomic mass is 9.90. The summed E-state index contributed by atoms with van der Waals surface area (Å²) in [4.78, 5) is 25.3. The topological polar surface area (TPSA) is 81.2 Å². The van der Waals surface area contributed by atoms with Crippen molar-refractivity contribution in [2.45, 2.75) is 64.3 Å². The molecule has 4 heterocycles. The van der Waals surface area contributed by atoms with Crippen molar-refractivity contribution < 1.29 is 23.4 Å². The number of carbonyl (C=O) groups is 1. The molecule has 0 spiro atoms. The zero-order chi connectivity index (χ0) is 28.6. The van der Waals surface area contributed by atoms with Gasteiger partial charge in [0.05, 0.1) is 43.4 Å². The van der Waals surface area contributed by atoms with Crippen molar-refractivity contribution >= 4 is 11.6 Å². The second-order valence-electron chi connectivity index (χ2n) is 12.2. The largest absolute Gasteiger partial charge is 0.390 e. The molecule has 40 heavy (non-hydrogen) atoms. The van der Waals surface area contributed by atoms with Crippen LogP contribution in [0.15, 0.2) is 24.3 Å². The van der Waals surface area contributed by atoms with Crippen LogP contribution in [0.25, 0.3) is 0 Å². The number of fused-ring (bicyclic) bond motifs is 1. The molecule has 1 aromatic heterocycles. The van der Waals surface area contributed by atoms with Gasteiger partial charge >= 0.3 is 0 Å². The molecule has 1 aromatic carbocycles. The van der Waals surface area contributed by atoms with Gasteiger partial charge in [0, 0.05) is 68.8 Å². The first-order valence-corrected chi connectivity index (χ1v) is 14.2. The van der Waals surface area contributed by atoms with Crippen molar-refractivity contribution in [1.29, 1.82) is 0 Å². The van der Waals surface area contributed by atoms with Gasteiger partial charge in [-0.2, -0.15) is 0 Å². The average molecular weight is 558 g/mol. The fourth-order valence-corrected chi connectivity index (χ4v) is 6.19. The summed E-state index contributed by atoms with van der Waals surface area (Å²) < 4.78 is 33.6. The summed E-state index contributed by atoms with van der Waals surface area (Å²) >= 11 is 0. The van der Waals surface area contributed by atoms with Gasteiger partial charge in [0.25, 0.3) is 0 Å². The highest BCUT2D eigenvalue weighted by Crippen LogP contribution is 2.41. The van der Waals surface area contributed by atoms with Crippen LogP contribution in [-0.4, -0.2) is 96.4 Å². The van der Waals surface area contributed by atoms with Crippen molar-refractivity contribution in [3.63, 3.8) is 0 Å². The van der Waals surface area contributed by atoms with E-state index in [1.165, 1.54) is 12.1 Å². The zero-order valence-electron chi connectivity index (χ0n) is 23.9. The molecule has 5 rings (SSSR count). The van der Waals surface area contributed by atoms with Gasteiger partial charge < -0.3 is 20.1 Å². The van der Waals surface area contributed by atoms with Crippen LogP contribution in [0.4, 0.5) is 14.5 Å². The number of piperazine rings is 1. The van der Waals surface area contributed by atoms with E-state index in [0.29, 0.717) is 35.1 Å². The van der Waals surface area contributed by atoms with E-state index in [1.54, 1.807) is 4.90 Å². The summed E-state index contributed by atoms with van der Waals surface area (Å²) in [6.45, 7) is 13.7. The Balaban J connectivity index is 1.39. The van der Waals surface area contributed by atoms with Crippen LogP contribution in [0.1, 0.15) is 50.2 Å². The van der Waals surface area contributed by atoms with Crippen molar-refractivity contribution in [2.75, 3.05) is 57.4 Å². The number of ether oxygens (including phenoxy) is 1. The first-order chi connectivity index (χ1) is 19.1. The number of aromatic nitrogens is 1. The predicted molar refractivity (Wildman–Crippen MR) is 149 cm³/mol. The molecule has 2 fully saturated rings. The van der Waals surface area contributed by atoms with Crippen LogP contribution in [0, 0.1) is 11.6 Å². The molecule has 2 aromatic rings. The van der Waals surface area contributed by atoms with Gasteiger partial charge in [-0.25, -0.2) is 8.78 Å². The van der Waals surface area contributed by atoms with Gasteiger partial charge in [0.2, 0.25) is 5.91 Å². The number of benzene rings is 1. The number of hydrogen-bond acceptors (Lipinski definition) is 7. The van der Waals surface area contributed by atoms with Crippen LogP contribution in [0.3, 0.4) is 0 Å². The predicted octanol–water partition coefficient (Wildman–Crippen LogP) is 2.45. The van der Waals surface area contributed by atoms with Gasteiger partial charge in [-0.05, 0) is 37.1 Å².